The maximum absolute atomic E-state index is 12.1. The molecule has 0 heterocycles. The van der Waals surface area contributed by atoms with Gasteiger partial charge < -0.3 is 15.2 Å². The van der Waals surface area contributed by atoms with Crippen molar-refractivity contribution in [1.29, 1.82) is 0 Å². The lowest BCUT2D eigenvalue weighted by Crippen LogP contribution is -2.46. The van der Waals surface area contributed by atoms with Crippen molar-refractivity contribution in [1.82, 2.24) is 0 Å². The van der Waals surface area contributed by atoms with Gasteiger partial charge >= 0.3 is 5.97 Å². The molecule has 20 heavy (non-hydrogen) atoms. The van der Waals surface area contributed by atoms with Crippen molar-refractivity contribution in [3.8, 4) is 0 Å². The molecule has 4 nitrogen and oxygen atoms in total. The lowest BCUT2D eigenvalue weighted by atomic mass is 9.88. The minimum atomic E-state index is -1.13. The lowest BCUT2D eigenvalue weighted by molar-refractivity contribution is -0.148. The maximum atomic E-state index is 12.1. The van der Waals surface area contributed by atoms with Gasteiger partial charge in [0, 0.05) is 13.0 Å². The molecule has 1 aliphatic carbocycles. The summed E-state index contributed by atoms with van der Waals surface area (Å²) in [6.07, 6.45) is 5.44. The Kier molecular flexibility index (Phi) is 5.15. The molecule has 0 saturated heterocycles. The molecule has 0 aromatic heterocycles. The van der Waals surface area contributed by atoms with E-state index in [9.17, 15) is 4.79 Å². The molecule has 1 aromatic carbocycles. The molecule has 0 spiro atoms. The molecule has 1 aromatic rings. The Hall–Kier alpha value is -1.39. The zero-order chi connectivity index (χ0) is 14.4. The summed E-state index contributed by atoms with van der Waals surface area (Å²) in [7, 11) is 1.37. The summed E-state index contributed by atoms with van der Waals surface area (Å²) in [5.41, 5.74) is 5.94. The van der Waals surface area contributed by atoms with E-state index in [2.05, 4.69) is 0 Å². The Morgan fingerprint density at radius 1 is 1.30 bits per heavy atom. The first-order valence-corrected chi connectivity index (χ1v) is 7.21. The second-order valence-corrected chi connectivity index (χ2v) is 5.36. The second kappa shape index (κ2) is 6.86. The van der Waals surface area contributed by atoms with E-state index >= 15 is 0 Å². The van der Waals surface area contributed by atoms with E-state index in [1.165, 1.54) is 20.0 Å². The number of hydrogen-bond acceptors (Lipinski definition) is 4. The van der Waals surface area contributed by atoms with Crippen molar-refractivity contribution in [2.24, 2.45) is 5.73 Å². The first-order valence-electron chi connectivity index (χ1n) is 7.21. The van der Waals surface area contributed by atoms with Gasteiger partial charge in [-0.3, -0.25) is 0 Å². The number of nitrogens with two attached hydrogens (primary N) is 1. The Morgan fingerprint density at radius 3 is 2.55 bits per heavy atom. The first kappa shape index (κ1) is 15.0. The third-order valence-corrected chi connectivity index (χ3v) is 3.99. The van der Waals surface area contributed by atoms with E-state index in [1.54, 1.807) is 0 Å². The topological polar surface area (TPSA) is 61.5 Å². The van der Waals surface area contributed by atoms with Crippen LogP contribution in [0.15, 0.2) is 30.3 Å². The number of methoxy groups -OCH3 is 1. The van der Waals surface area contributed by atoms with Crippen LogP contribution in [0.25, 0.3) is 0 Å². The Labute approximate surface area is 120 Å². The van der Waals surface area contributed by atoms with Crippen LogP contribution in [0.2, 0.25) is 0 Å². The number of carbonyl (C=O) groups excluding carboxylic acids is 1. The molecule has 1 unspecified atom stereocenters. The Morgan fingerprint density at radius 2 is 1.95 bits per heavy atom. The summed E-state index contributed by atoms with van der Waals surface area (Å²) in [6, 6.07) is 9.35. The number of benzene rings is 1. The summed E-state index contributed by atoms with van der Waals surface area (Å²) in [6.45, 7) is 0.477. The van der Waals surface area contributed by atoms with Gasteiger partial charge in [0.2, 0.25) is 0 Å². The van der Waals surface area contributed by atoms with Gasteiger partial charge in [0.25, 0.3) is 0 Å². The summed E-state index contributed by atoms with van der Waals surface area (Å²) in [4.78, 5) is 12.1. The van der Waals surface area contributed by atoms with Crippen LogP contribution in [0.1, 0.15) is 37.7 Å². The number of esters is 1. The monoisotopic (exact) mass is 277 g/mol. The van der Waals surface area contributed by atoms with Crippen LogP contribution in [0.5, 0.6) is 0 Å². The molecule has 0 aliphatic heterocycles. The normalized spacial score (nSPS) is 18.7. The number of ether oxygens (including phenoxy) is 2. The molecule has 2 N–H and O–H groups in total. The second-order valence-electron chi connectivity index (χ2n) is 5.36. The van der Waals surface area contributed by atoms with Crippen molar-refractivity contribution >= 4 is 5.97 Å². The summed E-state index contributed by atoms with van der Waals surface area (Å²) < 4.78 is 10.7. The fraction of sp³-hybridized carbons (Fsp3) is 0.562. The third-order valence-electron chi connectivity index (χ3n) is 3.99. The van der Waals surface area contributed by atoms with Crippen molar-refractivity contribution in [2.75, 3.05) is 13.7 Å². The molecular formula is C16H23NO3. The lowest BCUT2D eigenvalue weighted by Gasteiger charge is -2.27. The molecule has 110 valence electrons. The standard InChI is InChI=1S/C16H23NO3/c1-19-15(18)16(17,13-7-3-2-4-8-13)11-12-20-14-9-5-6-10-14/h2-4,7-8,14H,5-6,9-12,17H2,1H3. The van der Waals surface area contributed by atoms with Crippen molar-refractivity contribution < 1.29 is 14.3 Å². The van der Waals surface area contributed by atoms with E-state index in [0.29, 0.717) is 19.1 Å². The average molecular weight is 277 g/mol. The van der Waals surface area contributed by atoms with E-state index in [-0.39, 0.29) is 0 Å². The number of hydrogen-bond donors (Lipinski definition) is 1. The molecule has 0 bridgehead atoms. The first-order chi connectivity index (χ1) is 9.66. The molecule has 2 rings (SSSR count). The number of rotatable bonds is 6. The van der Waals surface area contributed by atoms with E-state index in [1.807, 2.05) is 30.3 Å². The van der Waals surface area contributed by atoms with Gasteiger partial charge in [-0.05, 0) is 18.4 Å². The largest absolute Gasteiger partial charge is 0.467 e. The van der Waals surface area contributed by atoms with Crippen LogP contribution in [0.4, 0.5) is 0 Å². The smallest absolute Gasteiger partial charge is 0.330 e. The Bertz CT molecular complexity index is 429. The van der Waals surface area contributed by atoms with Crippen LogP contribution in [-0.2, 0) is 19.8 Å². The minimum absolute atomic E-state index is 0.327. The summed E-state index contributed by atoms with van der Waals surface area (Å²) in [5.74, 6) is -0.418. The molecule has 1 saturated carbocycles. The van der Waals surface area contributed by atoms with Gasteiger partial charge in [-0.2, -0.15) is 0 Å². The quantitative estimate of drug-likeness (QED) is 0.811. The highest BCUT2D eigenvalue weighted by Crippen LogP contribution is 2.26. The van der Waals surface area contributed by atoms with Gasteiger partial charge in [-0.25, -0.2) is 4.79 Å². The molecule has 0 amide bonds. The van der Waals surface area contributed by atoms with E-state index in [4.69, 9.17) is 15.2 Å². The minimum Gasteiger partial charge on any atom is -0.467 e. The SMILES string of the molecule is COC(=O)C(N)(CCOC1CCCC1)c1ccccc1. The summed E-state index contributed by atoms with van der Waals surface area (Å²) >= 11 is 0. The zero-order valence-electron chi connectivity index (χ0n) is 12.0. The molecule has 1 atom stereocenters. The van der Waals surface area contributed by atoms with Crippen LogP contribution in [0, 0.1) is 0 Å². The highest BCUT2D eigenvalue weighted by molar-refractivity contribution is 5.82. The van der Waals surface area contributed by atoms with Crippen molar-refractivity contribution in [3.05, 3.63) is 35.9 Å². The molecule has 0 radical (unpaired) electrons. The molecule has 1 fully saturated rings. The predicted molar refractivity (Wildman–Crippen MR) is 77.1 cm³/mol. The van der Waals surface area contributed by atoms with Gasteiger partial charge in [-0.15, -0.1) is 0 Å². The highest BCUT2D eigenvalue weighted by atomic mass is 16.5. The van der Waals surface area contributed by atoms with Gasteiger partial charge in [0.05, 0.1) is 13.2 Å². The highest BCUT2D eigenvalue weighted by Gasteiger charge is 2.37. The Balaban J connectivity index is 2.01. The maximum Gasteiger partial charge on any atom is 0.330 e. The fourth-order valence-electron chi connectivity index (χ4n) is 2.72. The van der Waals surface area contributed by atoms with Crippen LogP contribution in [0.3, 0.4) is 0 Å². The molecule has 4 heteroatoms. The van der Waals surface area contributed by atoms with Gasteiger partial charge in [0.15, 0.2) is 0 Å². The van der Waals surface area contributed by atoms with Crippen LogP contribution in [-0.4, -0.2) is 25.8 Å². The zero-order valence-corrected chi connectivity index (χ0v) is 12.0. The van der Waals surface area contributed by atoms with Crippen LogP contribution < -0.4 is 5.73 Å². The van der Waals surface area contributed by atoms with Gasteiger partial charge in [0.1, 0.15) is 5.54 Å². The third kappa shape index (κ3) is 3.38. The number of carbonyl (C=O) groups is 1. The average Bonchev–Trinajstić information content (AvgIpc) is 3.00. The van der Waals surface area contributed by atoms with Gasteiger partial charge in [-0.1, -0.05) is 43.2 Å². The van der Waals surface area contributed by atoms with Crippen molar-refractivity contribution in [2.45, 2.75) is 43.7 Å². The molecular weight excluding hydrogens is 254 g/mol. The summed E-state index contributed by atoms with van der Waals surface area (Å²) in [5, 5.41) is 0. The fourth-order valence-corrected chi connectivity index (χ4v) is 2.72. The van der Waals surface area contributed by atoms with E-state index < -0.39 is 11.5 Å². The predicted octanol–water partition coefficient (Wildman–Crippen LogP) is 2.36. The van der Waals surface area contributed by atoms with Crippen molar-refractivity contribution in [3.63, 3.8) is 0 Å². The van der Waals surface area contributed by atoms with Crippen LogP contribution >= 0.6 is 0 Å². The van der Waals surface area contributed by atoms with E-state index in [0.717, 1.165) is 18.4 Å². The molecule has 1 aliphatic rings.